The Balaban J connectivity index is 1.61. The van der Waals surface area contributed by atoms with Gasteiger partial charge in [0.1, 0.15) is 16.9 Å². The fourth-order valence-electron chi connectivity index (χ4n) is 5.10. The van der Waals surface area contributed by atoms with Crippen LogP contribution in [0.5, 0.6) is 11.5 Å². The standard InChI is InChI=1S/C33H33NO2Si/c1-6-26-17-21-28(22-18-26)36-29-23-19-27(20-24-29)34(5)25-32(35)37(33(2,3)4,30-13-9-7-10-14-30)31-15-11-8-12-16-31/h1,7-24H,25H2,2-5H3. The van der Waals surface area contributed by atoms with Gasteiger partial charge in [-0.3, -0.25) is 0 Å². The summed E-state index contributed by atoms with van der Waals surface area (Å²) in [6.45, 7) is 6.94. The van der Waals surface area contributed by atoms with Crippen LogP contribution in [0.3, 0.4) is 0 Å². The Bertz CT molecular complexity index is 1330. The summed E-state index contributed by atoms with van der Waals surface area (Å²) in [5.74, 6) is 4.06. The maximum absolute atomic E-state index is 14.4. The van der Waals surface area contributed by atoms with E-state index in [1.54, 1.807) is 0 Å². The molecular formula is C33H33NO2Si. The molecule has 0 fully saturated rings. The number of nitrogens with zero attached hydrogens (tertiary/aromatic N) is 1. The van der Waals surface area contributed by atoms with Crippen LogP contribution in [0.4, 0.5) is 5.69 Å². The van der Waals surface area contributed by atoms with Crippen LogP contribution in [0.1, 0.15) is 26.3 Å². The Morgan fingerprint density at radius 3 is 1.68 bits per heavy atom. The summed E-state index contributed by atoms with van der Waals surface area (Å²) in [6, 6.07) is 36.0. The van der Waals surface area contributed by atoms with E-state index in [9.17, 15) is 4.79 Å². The molecule has 4 heteroatoms. The van der Waals surface area contributed by atoms with Gasteiger partial charge in [0.15, 0.2) is 0 Å². The summed E-state index contributed by atoms with van der Waals surface area (Å²) < 4.78 is 5.96. The van der Waals surface area contributed by atoms with Crippen molar-refractivity contribution in [1.29, 1.82) is 0 Å². The summed E-state index contributed by atoms with van der Waals surface area (Å²) in [4.78, 5) is 16.5. The lowest BCUT2D eigenvalue weighted by Crippen LogP contribution is -2.71. The second-order valence-corrected chi connectivity index (χ2v) is 15.0. The Labute approximate surface area is 221 Å². The summed E-state index contributed by atoms with van der Waals surface area (Å²) >= 11 is 0. The lowest BCUT2D eigenvalue weighted by atomic mass is 10.2. The van der Waals surface area contributed by atoms with Crippen LogP contribution in [-0.2, 0) is 4.79 Å². The zero-order valence-electron chi connectivity index (χ0n) is 21.9. The van der Waals surface area contributed by atoms with Crippen molar-refractivity contribution in [1.82, 2.24) is 0 Å². The van der Waals surface area contributed by atoms with E-state index in [1.165, 1.54) is 0 Å². The molecule has 0 N–H and O–H groups in total. The Kier molecular flexibility index (Phi) is 7.66. The molecule has 0 radical (unpaired) electrons. The predicted octanol–water partition coefficient (Wildman–Crippen LogP) is 6.07. The number of likely N-dealkylation sites (N-methyl/N-ethyl adjacent to an activating group) is 1. The smallest absolute Gasteiger partial charge is 0.201 e. The average molecular weight is 504 g/mol. The molecule has 0 saturated carbocycles. The lowest BCUT2D eigenvalue weighted by molar-refractivity contribution is -0.111. The molecule has 4 aromatic carbocycles. The first-order valence-corrected chi connectivity index (χ1v) is 14.5. The Morgan fingerprint density at radius 1 is 0.784 bits per heavy atom. The van der Waals surface area contributed by atoms with E-state index in [0.717, 1.165) is 33.1 Å². The number of carbonyl (C=O) groups is 1. The van der Waals surface area contributed by atoms with Gasteiger partial charge in [0.2, 0.25) is 8.07 Å². The monoisotopic (exact) mass is 503 g/mol. The second kappa shape index (κ2) is 10.9. The number of hydrogen-bond acceptors (Lipinski definition) is 3. The third-order valence-electron chi connectivity index (χ3n) is 6.87. The molecule has 4 aromatic rings. The molecule has 0 aliphatic heterocycles. The van der Waals surface area contributed by atoms with Crippen molar-refractivity contribution < 1.29 is 9.53 Å². The van der Waals surface area contributed by atoms with Crippen LogP contribution in [-0.4, -0.2) is 27.1 Å². The minimum atomic E-state index is -2.84. The molecule has 0 unspecified atom stereocenters. The Morgan fingerprint density at radius 2 is 1.24 bits per heavy atom. The van der Waals surface area contributed by atoms with Gasteiger partial charge in [-0.2, -0.15) is 0 Å². The zero-order chi connectivity index (χ0) is 26.5. The lowest BCUT2D eigenvalue weighted by Gasteiger charge is -2.43. The molecule has 4 rings (SSSR count). The topological polar surface area (TPSA) is 29.5 Å². The van der Waals surface area contributed by atoms with E-state index in [-0.39, 0.29) is 10.4 Å². The highest BCUT2D eigenvalue weighted by Crippen LogP contribution is 2.37. The maximum atomic E-state index is 14.4. The average Bonchev–Trinajstić information content (AvgIpc) is 2.90. The van der Waals surface area contributed by atoms with Crippen molar-refractivity contribution in [2.75, 3.05) is 18.5 Å². The molecule has 0 amide bonds. The second-order valence-electron chi connectivity index (χ2n) is 10.3. The Hall–Kier alpha value is -4.07. The summed E-state index contributed by atoms with van der Waals surface area (Å²) in [5, 5.41) is 2.35. The normalized spacial score (nSPS) is 11.4. The van der Waals surface area contributed by atoms with E-state index in [4.69, 9.17) is 11.2 Å². The SMILES string of the molecule is C#Cc1ccc(Oc2ccc(N(C)CC(=O)[Si](c3ccccc3)(c3ccccc3)C(C)(C)C)cc2)cc1. The molecule has 0 saturated heterocycles. The first-order valence-electron chi connectivity index (χ1n) is 12.5. The van der Waals surface area contributed by atoms with Crippen LogP contribution >= 0.6 is 0 Å². The summed E-state index contributed by atoms with van der Waals surface area (Å²) in [7, 11) is -0.861. The molecule has 37 heavy (non-hydrogen) atoms. The van der Waals surface area contributed by atoms with Crippen LogP contribution in [0.15, 0.2) is 109 Å². The largest absolute Gasteiger partial charge is 0.457 e. The summed E-state index contributed by atoms with van der Waals surface area (Å²) in [6.07, 6.45) is 5.43. The number of rotatable bonds is 8. The molecule has 3 nitrogen and oxygen atoms in total. The van der Waals surface area contributed by atoms with Crippen molar-refractivity contribution >= 4 is 29.5 Å². The first kappa shape index (κ1) is 26.0. The fourth-order valence-corrected chi connectivity index (χ4v) is 10.5. The molecule has 186 valence electrons. The molecule has 0 aliphatic carbocycles. The predicted molar refractivity (Wildman–Crippen MR) is 157 cm³/mol. The minimum absolute atomic E-state index is 0.222. The number of hydrogen-bond donors (Lipinski definition) is 0. The quantitative estimate of drug-likeness (QED) is 0.216. The number of anilines is 1. The molecule has 0 spiro atoms. The molecule has 0 atom stereocenters. The van der Waals surface area contributed by atoms with Gasteiger partial charge in [0, 0.05) is 18.3 Å². The minimum Gasteiger partial charge on any atom is -0.457 e. The highest BCUT2D eigenvalue weighted by atomic mass is 28.3. The number of carbonyl (C=O) groups excluding carboxylic acids is 1. The van der Waals surface area contributed by atoms with Crippen LogP contribution in [0, 0.1) is 12.3 Å². The van der Waals surface area contributed by atoms with E-state index in [1.807, 2.05) is 96.9 Å². The van der Waals surface area contributed by atoms with Gasteiger partial charge in [-0.1, -0.05) is 87.4 Å². The van der Waals surface area contributed by atoms with E-state index in [2.05, 4.69) is 51.0 Å². The molecule has 0 bridgehead atoms. The van der Waals surface area contributed by atoms with E-state index < -0.39 is 8.07 Å². The van der Waals surface area contributed by atoms with Gasteiger partial charge in [-0.15, -0.1) is 6.42 Å². The van der Waals surface area contributed by atoms with Gasteiger partial charge >= 0.3 is 0 Å². The highest BCUT2D eigenvalue weighted by Gasteiger charge is 2.53. The maximum Gasteiger partial charge on any atom is 0.201 e. The molecule has 0 heterocycles. The van der Waals surface area contributed by atoms with Gasteiger partial charge in [-0.25, -0.2) is 0 Å². The fraction of sp³-hybridized carbons (Fsp3) is 0.182. The van der Waals surface area contributed by atoms with Crippen LogP contribution in [0.2, 0.25) is 5.04 Å². The van der Waals surface area contributed by atoms with Crippen molar-refractivity contribution in [3.8, 4) is 23.8 Å². The molecular weight excluding hydrogens is 470 g/mol. The number of ether oxygens (including phenoxy) is 1. The van der Waals surface area contributed by atoms with Gasteiger partial charge in [0.05, 0.1) is 6.54 Å². The van der Waals surface area contributed by atoms with Gasteiger partial charge in [-0.05, 0) is 63.9 Å². The van der Waals surface area contributed by atoms with Crippen LogP contribution < -0.4 is 20.0 Å². The van der Waals surface area contributed by atoms with Crippen molar-refractivity contribution in [3.05, 3.63) is 115 Å². The van der Waals surface area contributed by atoms with E-state index in [0.29, 0.717) is 6.54 Å². The van der Waals surface area contributed by atoms with Gasteiger partial charge < -0.3 is 14.4 Å². The van der Waals surface area contributed by atoms with Crippen molar-refractivity contribution in [2.45, 2.75) is 25.8 Å². The number of terminal acetylenes is 1. The molecule has 0 aliphatic rings. The third-order valence-corrected chi connectivity index (χ3v) is 12.5. The highest BCUT2D eigenvalue weighted by molar-refractivity contribution is 7.24. The van der Waals surface area contributed by atoms with Gasteiger partial charge in [0.25, 0.3) is 0 Å². The zero-order valence-corrected chi connectivity index (χ0v) is 22.9. The first-order chi connectivity index (χ1) is 17.8. The van der Waals surface area contributed by atoms with Crippen molar-refractivity contribution in [2.24, 2.45) is 0 Å². The summed E-state index contributed by atoms with van der Waals surface area (Å²) in [5.41, 5.74) is 1.77. The van der Waals surface area contributed by atoms with E-state index >= 15 is 0 Å². The number of benzene rings is 4. The van der Waals surface area contributed by atoms with Crippen molar-refractivity contribution in [3.63, 3.8) is 0 Å². The molecule has 0 aromatic heterocycles. The van der Waals surface area contributed by atoms with Crippen LogP contribution in [0.25, 0.3) is 0 Å². The third kappa shape index (κ3) is 5.38.